The molecule has 106 valence electrons. The second kappa shape index (κ2) is 5.59. The van der Waals surface area contributed by atoms with Crippen molar-refractivity contribution < 1.29 is 8.95 Å². The monoisotopic (exact) mass is 273 g/mol. The fourth-order valence-electron chi connectivity index (χ4n) is 3.54. The van der Waals surface area contributed by atoms with Crippen LogP contribution < -0.4 is 5.32 Å². The SMILES string of the molecule is CC(CCNC1C2CCCOC2C1(C)C)S(C)=O. The van der Waals surface area contributed by atoms with E-state index in [0.717, 1.165) is 19.6 Å². The number of hydrogen-bond donors (Lipinski definition) is 1. The van der Waals surface area contributed by atoms with Gasteiger partial charge in [-0.1, -0.05) is 20.8 Å². The van der Waals surface area contributed by atoms with Crippen molar-refractivity contribution in [1.82, 2.24) is 5.32 Å². The Hall–Kier alpha value is 0.0700. The van der Waals surface area contributed by atoms with Crippen molar-refractivity contribution in [2.45, 2.75) is 57.4 Å². The Labute approximate surface area is 114 Å². The van der Waals surface area contributed by atoms with Crippen LogP contribution in [0.1, 0.15) is 40.0 Å². The molecule has 0 radical (unpaired) electrons. The summed E-state index contributed by atoms with van der Waals surface area (Å²) in [6.07, 6.45) is 5.73. The van der Waals surface area contributed by atoms with Crippen LogP contribution >= 0.6 is 0 Å². The van der Waals surface area contributed by atoms with Gasteiger partial charge in [0.05, 0.1) is 6.10 Å². The van der Waals surface area contributed by atoms with Gasteiger partial charge in [0.2, 0.25) is 0 Å². The topological polar surface area (TPSA) is 38.3 Å². The van der Waals surface area contributed by atoms with Crippen LogP contribution in [-0.2, 0) is 15.5 Å². The van der Waals surface area contributed by atoms with Gasteiger partial charge in [-0.25, -0.2) is 0 Å². The molecule has 0 aromatic heterocycles. The lowest BCUT2D eigenvalue weighted by molar-refractivity contribution is -0.192. The van der Waals surface area contributed by atoms with Gasteiger partial charge in [-0.3, -0.25) is 4.21 Å². The van der Waals surface area contributed by atoms with Gasteiger partial charge in [-0.05, 0) is 25.8 Å². The third kappa shape index (κ3) is 2.66. The summed E-state index contributed by atoms with van der Waals surface area (Å²) >= 11 is 0. The van der Waals surface area contributed by atoms with Crippen LogP contribution in [0.3, 0.4) is 0 Å². The van der Waals surface area contributed by atoms with Crippen LogP contribution in [0.15, 0.2) is 0 Å². The fourth-order valence-corrected chi connectivity index (χ4v) is 3.99. The number of nitrogens with one attached hydrogen (secondary N) is 1. The summed E-state index contributed by atoms with van der Waals surface area (Å²) in [4.78, 5) is 0. The molecule has 18 heavy (non-hydrogen) atoms. The zero-order valence-electron chi connectivity index (χ0n) is 12.1. The molecule has 5 unspecified atom stereocenters. The lowest BCUT2D eigenvalue weighted by Crippen LogP contribution is -2.69. The van der Waals surface area contributed by atoms with E-state index in [2.05, 4.69) is 26.1 Å². The van der Waals surface area contributed by atoms with Crippen LogP contribution in [0, 0.1) is 11.3 Å². The van der Waals surface area contributed by atoms with Gasteiger partial charge in [0.15, 0.2) is 0 Å². The van der Waals surface area contributed by atoms with E-state index in [-0.39, 0.29) is 5.41 Å². The van der Waals surface area contributed by atoms with Crippen LogP contribution in [0.4, 0.5) is 0 Å². The second-order valence-corrected chi connectivity index (χ2v) is 8.25. The van der Waals surface area contributed by atoms with Crippen molar-refractivity contribution in [3.63, 3.8) is 0 Å². The molecule has 1 N–H and O–H groups in total. The highest BCUT2D eigenvalue weighted by Crippen LogP contribution is 2.51. The zero-order valence-corrected chi connectivity index (χ0v) is 12.9. The lowest BCUT2D eigenvalue weighted by Gasteiger charge is -2.60. The van der Waals surface area contributed by atoms with E-state index >= 15 is 0 Å². The van der Waals surface area contributed by atoms with Crippen molar-refractivity contribution in [1.29, 1.82) is 0 Å². The van der Waals surface area contributed by atoms with Gasteiger partial charge in [0, 0.05) is 46.3 Å². The summed E-state index contributed by atoms with van der Waals surface area (Å²) in [7, 11) is -0.701. The predicted molar refractivity (Wildman–Crippen MR) is 76.2 cm³/mol. The molecule has 1 heterocycles. The first-order valence-corrected chi connectivity index (χ1v) is 8.74. The molecule has 2 aliphatic rings. The molecule has 0 amide bonds. The maximum Gasteiger partial charge on any atom is 0.0684 e. The van der Waals surface area contributed by atoms with Crippen molar-refractivity contribution in [3.8, 4) is 0 Å². The Balaban J connectivity index is 1.80. The second-order valence-electron chi connectivity index (χ2n) is 6.45. The molecule has 0 aromatic carbocycles. The van der Waals surface area contributed by atoms with Crippen LogP contribution in [0.2, 0.25) is 0 Å². The molecule has 1 saturated heterocycles. The quantitative estimate of drug-likeness (QED) is 0.832. The first kappa shape index (κ1) is 14.5. The van der Waals surface area contributed by atoms with E-state index in [0.29, 0.717) is 23.3 Å². The van der Waals surface area contributed by atoms with Crippen molar-refractivity contribution in [2.24, 2.45) is 11.3 Å². The molecule has 1 aliphatic carbocycles. The van der Waals surface area contributed by atoms with Crippen molar-refractivity contribution >= 4 is 10.8 Å². The van der Waals surface area contributed by atoms with Gasteiger partial charge < -0.3 is 10.1 Å². The van der Waals surface area contributed by atoms with Gasteiger partial charge in [0.25, 0.3) is 0 Å². The Kier molecular flexibility index (Phi) is 4.50. The Bertz CT molecular complexity index is 319. The summed E-state index contributed by atoms with van der Waals surface area (Å²) in [5, 5.41) is 3.97. The molecule has 0 bridgehead atoms. The standard InChI is InChI=1S/C14H27NO2S/c1-10(18(4)16)7-8-15-12-11-6-5-9-17-13(11)14(12,2)3/h10-13,15H,5-9H2,1-4H3. The maximum absolute atomic E-state index is 11.3. The summed E-state index contributed by atoms with van der Waals surface area (Å²) in [6, 6.07) is 0.570. The van der Waals surface area contributed by atoms with Gasteiger partial charge >= 0.3 is 0 Å². The third-order valence-electron chi connectivity index (χ3n) is 4.81. The van der Waals surface area contributed by atoms with E-state index < -0.39 is 10.8 Å². The smallest absolute Gasteiger partial charge is 0.0684 e. The number of hydrogen-bond acceptors (Lipinski definition) is 3. The van der Waals surface area contributed by atoms with E-state index in [9.17, 15) is 4.21 Å². The molecule has 3 nitrogen and oxygen atoms in total. The predicted octanol–water partition coefficient (Wildman–Crippen LogP) is 1.94. The van der Waals surface area contributed by atoms with E-state index in [4.69, 9.17) is 4.74 Å². The Morgan fingerprint density at radius 3 is 2.89 bits per heavy atom. The van der Waals surface area contributed by atoms with E-state index in [1.807, 2.05) is 0 Å². The highest BCUT2D eigenvalue weighted by Gasteiger charge is 2.57. The minimum Gasteiger partial charge on any atom is -0.377 e. The molecule has 1 aliphatic heterocycles. The van der Waals surface area contributed by atoms with Crippen molar-refractivity contribution in [2.75, 3.05) is 19.4 Å². The fraction of sp³-hybridized carbons (Fsp3) is 1.00. The molecular formula is C14H27NO2S. The molecule has 0 aromatic rings. The first-order valence-electron chi connectivity index (χ1n) is 7.12. The van der Waals surface area contributed by atoms with Gasteiger partial charge in [0.1, 0.15) is 0 Å². The Morgan fingerprint density at radius 2 is 2.22 bits per heavy atom. The number of rotatable bonds is 5. The van der Waals surface area contributed by atoms with Crippen LogP contribution in [-0.4, -0.2) is 41.0 Å². The van der Waals surface area contributed by atoms with Crippen LogP contribution in [0.5, 0.6) is 0 Å². The minimum atomic E-state index is -0.701. The summed E-state index contributed by atoms with van der Waals surface area (Å²) < 4.78 is 17.2. The average molecular weight is 273 g/mol. The largest absolute Gasteiger partial charge is 0.377 e. The zero-order chi connectivity index (χ0) is 13.3. The first-order chi connectivity index (χ1) is 8.44. The third-order valence-corrected chi connectivity index (χ3v) is 6.18. The molecule has 1 saturated carbocycles. The molecule has 2 rings (SSSR count). The Morgan fingerprint density at radius 1 is 1.50 bits per heavy atom. The summed E-state index contributed by atoms with van der Waals surface area (Å²) in [6.45, 7) is 8.58. The molecular weight excluding hydrogens is 246 g/mol. The normalized spacial score (nSPS) is 37.4. The summed E-state index contributed by atoms with van der Waals surface area (Å²) in [5.74, 6) is 0.691. The van der Waals surface area contributed by atoms with E-state index in [1.54, 1.807) is 6.26 Å². The average Bonchev–Trinajstić information content (AvgIpc) is 2.34. The van der Waals surface area contributed by atoms with Gasteiger partial charge in [-0.15, -0.1) is 0 Å². The maximum atomic E-state index is 11.3. The number of ether oxygens (including phenoxy) is 1. The number of fused-ring (bicyclic) bond motifs is 1. The molecule has 2 fully saturated rings. The highest BCUT2D eigenvalue weighted by atomic mass is 32.2. The van der Waals surface area contributed by atoms with Gasteiger partial charge in [-0.2, -0.15) is 0 Å². The highest BCUT2D eigenvalue weighted by molar-refractivity contribution is 7.84. The summed E-state index contributed by atoms with van der Waals surface area (Å²) in [5.41, 5.74) is 0.250. The lowest BCUT2D eigenvalue weighted by atomic mass is 9.55. The van der Waals surface area contributed by atoms with E-state index in [1.165, 1.54) is 12.8 Å². The van der Waals surface area contributed by atoms with Crippen LogP contribution in [0.25, 0.3) is 0 Å². The molecule has 5 atom stereocenters. The minimum absolute atomic E-state index is 0.250. The molecule has 4 heteroatoms. The van der Waals surface area contributed by atoms with Crippen molar-refractivity contribution in [3.05, 3.63) is 0 Å². The molecule has 0 spiro atoms.